The number of rotatable bonds is 8. The van der Waals surface area contributed by atoms with Crippen molar-refractivity contribution in [2.45, 2.75) is 52.4 Å². The summed E-state index contributed by atoms with van der Waals surface area (Å²) >= 11 is 0. The van der Waals surface area contributed by atoms with E-state index in [-0.39, 0.29) is 0 Å². The molecule has 13 heavy (non-hydrogen) atoms. The lowest BCUT2D eigenvalue weighted by atomic mass is 10.1. The third-order valence-corrected chi connectivity index (χ3v) is 1.83. The summed E-state index contributed by atoms with van der Waals surface area (Å²) in [5.74, 6) is 0. The number of aliphatic hydroxyl groups excluding tert-OH is 1. The molecule has 0 bridgehead atoms. The van der Waals surface area contributed by atoms with Crippen molar-refractivity contribution < 1.29 is 14.6 Å². The number of aliphatic hydroxyl groups is 1. The summed E-state index contributed by atoms with van der Waals surface area (Å²) in [6.45, 7) is 7.06. The number of unbranched alkanes of at least 4 members (excludes halogenated alkanes) is 1. The molecule has 0 fully saturated rings. The minimum absolute atomic E-state index is 0.443. The van der Waals surface area contributed by atoms with Crippen molar-refractivity contribution in [3.05, 3.63) is 0 Å². The largest absolute Gasteiger partial charge is 0.388 e. The quantitative estimate of drug-likeness (QED) is 0.594. The second-order valence-electron chi connectivity index (χ2n) is 2.99. The highest BCUT2D eigenvalue weighted by Crippen LogP contribution is 2.09. The minimum Gasteiger partial charge on any atom is -0.388 e. The summed E-state index contributed by atoms with van der Waals surface area (Å²) < 4.78 is 10.5. The molecule has 0 rings (SSSR count). The van der Waals surface area contributed by atoms with E-state index in [1.165, 1.54) is 0 Å². The van der Waals surface area contributed by atoms with Gasteiger partial charge in [-0.3, -0.25) is 0 Å². The lowest BCUT2D eigenvalue weighted by Crippen LogP contribution is -2.31. The van der Waals surface area contributed by atoms with Crippen LogP contribution in [0.2, 0.25) is 0 Å². The Bertz CT molecular complexity index is 100. The fraction of sp³-hybridized carbons (Fsp3) is 1.00. The van der Waals surface area contributed by atoms with Crippen molar-refractivity contribution in [2.24, 2.45) is 0 Å². The van der Waals surface area contributed by atoms with E-state index < -0.39 is 12.4 Å². The molecule has 1 unspecified atom stereocenters. The molecule has 3 nitrogen and oxygen atoms in total. The van der Waals surface area contributed by atoms with E-state index in [9.17, 15) is 5.11 Å². The SMILES string of the molecule is CCCCC(O)C(OCC)OCC. The van der Waals surface area contributed by atoms with Gasteiger partial charge in [0.15, 0.2) is 6.29 Å². The van der Waals surface area contributed by atoms with Gasteiger partial charge in [0, 0.05) is 13.2 Å². The predicted molar refractivity (Wildman–Crippen MR) is 52.6 cm³/mol. The topological polar surface area (TPSA) is 38.7 Å². The van der Waals surface area contributed by atoms with Gasteiger partial charge in [-0.05, 0) is 20.3 Å². The van der Waals surface area contributed by atoms with Gasteiger partial charge in [0.2, 0.25) is 0 Å². The zero-order chi connectivity index (χ0) is 10.1. The van der Waals surface area contributed by atoms with Crippen LogP contribution in [0, 0.1) is 0 Å². The fourth-order valence-corrected chi connectivity index (χ4v) is 1.15. The Balaban J connectivity index is 3.72. The standard InChI is InChI=1S/C10H22O3/c1-4-7-8-9(11)10(12-5-2)13-6-3/h9-11H,4-8H2,1-3H3. The maximum Gasteiger partial charge on any atom is 0.183 e. The Hall–Kier alpha value is -0.120. The van der Waals surface area contributed by atoms with Crippen molar-refractivity contribution in [1.82, 2.24) is 0 Å². The first-order valence-electron chi connectivity index (χ1n) is 5.17. The van der Waals surface area contributed by atoms with Gasteiger partial charge in [0.05, 0.1) is 0 Å². The normalized spacial score (nSPS) is 13.6. The zero-order valence-electron chi connectivity index (χ0n) is 8.95. The van der Waals surface area contributed by atoms with Gasteiger partial charge in [-0.15, -0.1) is 0 Å². The van der Waals surface area contributed by atoms with Gasteiger partial charge in [-0.1, -0.05) is 19.8 Å². The highest BCUT2D eigenvalue weighted by Gasteiger charge is 2.18. The summed E-state index contributed by atoms with van der Waals surface area (Å²) in [5.41, 5.74) is 0. The van der Waals surface area contributed by atoms with Gasteiger partial charge < -0.3 is 14.6 Å². The van der Waals surface area contributed by atoms with Crippen LogP contribution in [0.15, 0.2) is 0 Å². The summed E-state index contributed by atoms with van der Waals surface area (Å²) in [7, 11) is 0. The Morgan fingerprint density at radius 1 is 1.08 bits per heavy atom. The highest BCUT2D eigenvalue weighted by atomic mass is 16.7. The molecule has 0 heterocycles. The van der Waals surface area contributed by atoms with E-state index in [0.29, 0.717) is 13.2 Å². The Labute approximate surface area is 81.0 Å². The van der Waals surface area contributed by atoms with Gasteiger partial charge >= 0.3 is 0 Å². The van der Waals surface area contributed by atoms with Crippen molar-refractivity contribution in [3.8, 4) is 0 Å². The summed E-state index contributed by atoms with van der Waals surface area (Å²) in [4.78, 5) is 0. The van der Waals surface area contributed by atoms with E-state index in [0.717, 1.165) is 19.3 Å². The Morgan fingerprint density at radius 3 is 2.00 bits per heavy atom. The molecule has 0 aliphatic heterocycles. The second kappa shape index (κ2) is 8.48. The highest BCUT2D eigenvalue weighted by molar-refractivity contribution is 4.60. The van der Waals surface area contributed by atoms with Gasteiger partial charge in [0.1, 0.15) is 6.10 Å². The molecule has 1 atom stereocenters. The van der Waals surface area contributed by atoms with E-state index in [2.05, 4.69) is 6.92 Å². The van der Waals surface area contributed by atoms with E-state index in [1.807, 2.05) is 13.8 Å². The molecule has 3 heteroatoms. The zero-order valence-corrected chi connectivity index (χ0v) is 8.95. The Kier molecular flexibility index (Phi) is 8.40. The van der Waals surface area contributed by atoms with Crippen LogP contribution in [0.5, 0.6) is 0 Å². The number of hydrogen-bond donors (Lipinski definition) is 1. The molecule has 0 radical (unpaired) electrons. The second-order valence-corrected chi connectivity index (χ2v) is 2.99. The monoisotopic (exact) mass is 190 g/mol. The van der Waals surface area contributed by atoms with Gasteiger partial charge in [-0.2, -0.15) is 0 Å². The maximum atomic E-state index is 9.65. The maximum absolute atomic E-state index is 9.65. The first kappa shape index (κ1) is 12.9. The van der Waals surface area contributed by atoms with Gasteiger partial charge in [-0.25, -0.2) is 0 Å². The van der Waals surface area contributed by atoms with Crippen LogP contribution in [0.4, 0.5) is 0 Å². The molecular weight excluding hydrogens is 168 g/mol. The van der Waals surface area contributed by atoms with Crippen LogP contribution in [0.3, 0.4) is 0 Å². The van der Waals surface area contributed by atoms with Crippen LogP contribution in [0.25, 0.3) is 0 Å². The summed E-state index contributed by atoms with van der Waals surface area (Å²) in [5, 5.41) is 9.65. The molecule has 0 saturated heterocycles. The third kappa shape index (κ3) is 6.02. The van der Waals surface area contributed by atoms with Crippen LogP contribution >= 0.6 is 0 Å². The molecule has 1 N–H and O–H groups in total. The van der Waals surface area contributed by atoms with Crippen molar-refractivity contribution in [3.63, 3.8) is 0 Å². The van der Waals surface area contributed by atoms with Gasteiger partial charge in [0.25, 0.3) is 0 Å². The minimum atomic E-state index is -0.486. The summed E-state index contributed by atoms with van der Waals surface area (Å²) in [6, 6.07) is 0. The predicted octanol–water partition coefficient (Wildman–Crippen LogP) is 1.94. The molecule has 0 aromatic heterocycles. The fourth-order valence-electron chi connectivity index (χ4n) is 1.15. The van der Waals surface area contributed by atoms with Crippen molar-refractivity contribution >= 4 is 0 Å². The molecule has 0 amide bonds. The average molecular weight is 190 g/mol. The molecule has 0 spiro atoms. The number of hydrogen-bond acceptors (Lipinski definition) is 3. The first-order valence-corrected chi connectivity index (χ1v) is 5.17. The van der Waals surface area contributed by atoms with Crippen LogP contribution in [0.1, 0.15) is 40.0 Å². The van der Waals surface area contributed by atoms with Crippen molar-refractivity contribution in [2.75, 3.05) is 13.2 Å². The average Bonchev–Trinajstić information content (AvgIpc) is 2.14. The molecular formula is C10H22O3. The smallest absolute Gasteiger partial charge is 0.183 e. The molecule has 0 saturated carbocycles. The molecule has 0 aliphatic carbocycles. The lowest BCUT2D eigenvalue weighted by Gasteiger charge is -2.22. The molecule has 80 valence electrons. The summed E-state index contributed by atoms with van der Waals surface area (Å²) in [6.07, 6.45) is 1.92. The molecule has 0 aromatic carbocycles. The number of ether oxygens (including phenoxy) is 2. The van der Waals surface area contributed by atoms with Crippen LogP contribution in [-0.2, 0) is 9.47 Å². The van der Waals surface area contributed by atoms with E-state index in [4.69, 9.17) is 9.47 Å². The van der Waals surface area contributed by atoms with E-state index in [1.54, 1.807) is 0 Å². The third-order valence-electron chi connectivity index (χ3n) is 1.83. The Morgan fingerprint density at radius 2 is 1.62 bits per heavy atom. The van der Waals surface area contributed by atoms with E-state index >= 15 is 0 Å². The molecule has 0 aliphatic rings. The van der Waals surface area contributed by atoms with Crippen molar-refractivity contribution in [1.29, 1.82) is 0 Å². The lowest BCUT2D eigenvalue weighted by molar-refractivity contribution is -0.190. The first-order chi connectivity index (χ1) is 6.26. The van der Waals surface area contributed by atoms with Crippen LogP contribution in [-0.4, -0.2) is 30.7 Å². The molecule has 0 aromatic rings. The van der Waals surface area contributed by atoms with Crippen LogP contribution < -0.4 is 0 Å².